The van der Waals surface area contributed by atoms with Crippen molar-refractivity contribution < 1.29 is 14.5 Å². The third-order valence-corrected chi connectivity index (χ3v) is 3.11. The first-order valence-electron chi connectivity index (χ1n) is 5.56. The number of hydrogen-bond acceptors (Lipinski definition) is 5. The Bertz CT molecular complexity index is 671. The molecule has 0 saturated heterocycles. The van der Waals surface area contributed by atoms with E-state index in [0.717, 1.165) is 0 Å². The molecular weight excluding hydrogens is 328 g/mol. The molecule has 6 nitrogen and oxygen atoms in total. The maximum Gasteiger partial charge on any atom is 0.273 e. The van der Waals surface area contributed by atoms with Crippen molar-refractivity contribution in [3.63, 3.8) is 0 Å². The van der Waals surface area contributed by atoms with Crippen molar-refractivity contribution in [2.24, 2.45) is 0 Å². The first-order chi connectivity index (χ1) is 9.47. The van der Waals surface area contributed by atoms with Gasteiger partial charge in [-0.3, -0.25) is 14.9 Å². The van der Waals surface area contributed by atoms with Gasteiger partial charge in [-0.15, -0.1) is 0 Å². The minimum atomic E-state index is -0.504. The average Bonchev–Trinajstić information content (AvgIpc) is 2.41. The molecule has 7 heteroatoms. The van der Waals surface area contributed by atoms with Gasteiger partial charge in [0.05, 0.1) is 21.7 Å². The number of halogens is 1. The molecular formula is C13H9BrN2O4. The Morgan fingerprint density at radius 1 is 1.35 bits per heavy atom. The number of carbonyl (C=O) groups excluding carboxylic acids is 1. The van der Waals surface area contributed by atoms with Crippen LogP contribution >= 0.6 is 15.9 Å². The van der Waals surface area contributed by atoms with E-state index in [4.69, 9.17) is 4.74 Å². The number of rotatable bonds is 4. The summed E-state index contributed by atoms with van der Waals surface area (Å²) < 4.78 is 6.09. The number of hydrogen-bond donors (Lipinski definition) is 0. The van der Waals surface area contributed by atoms with Crippen LogP contribution in [0.4, 0.5) is 5.69 Å². The Morgan fingerprint density at radius 3 is 2.65 bits per heavy atom. The summed E-state index contributed by atoms with van der Waals surface area (Å²) in [6, 6.07) is 7.32. The minimum absolute atomic E-state index is 0.0727. The second-order valence-corrected chi connectivity index (χ2v) is 4.76. The lowest BCUT2D eigenvalue weighted by atomic mass is 10.2. The highest BCUT2D eigenvalue weighted by atomic mass is 79.9. The smallest absolute Gasteiger partial charge is 0.273 e. The summed E-state index contributed by atoms with van der Waals surface area (Å²) >= 11 is 3.25. The highest BCUT2D eigenvalue weighted by Crippen LogP contribution is 2.32. The molecule has 0 aliphatic heterocycles. The highest BCUT2D eigenvalue weighted by Gasteiger charge is 2.11. The fourth-order valence-corrected chi connectivity index (χ4v) is 1.79. The van der Waals surface area contributed by atoms with Crippen molar-refractivity contribution in [3.05, 3.63) is 56.8 Å². The summed E-state index contributed by atoms with van der Waals surface area (Å²) in [4.78, 5) is 25.3. The molecule has 0 radical (unpaired) electrons. The molecule has 0 saturated carbocycles. The van der Waals surface area contributed by atoms with Crippen LogP contribution in [0.25, 0.3) is 0 Å². The van der Waals surface area contributed by atoms with E-state index < -0.39 is 4.92 Å². The Hall–Kier alpha value is -2.28. The van der Waals surface area contributed by atoms with E-state index in [1.807, 2.05) is 0 Å². The van der Waals surface area contributed by atoms with Crippen molar-refractivity contribution in [1.82, 2.24) is 4.98 Å². The fourth-order valence-electron chi connectivity index (χ4n) is 1.46. The number of pyridine rings is 1. The molecule has 2 aromatic rings. The number of Topliss-reactive ketones (excluding diaryl/α,β-unsaturated/α-hetero) is 1. The second kappa shape index (κ2) is 5.79. The maximum absolute atomic E-state index is 11.1. The molecule has 0 bridgehead atoms. The van der Waals surface area contributed by atoms with E-state index in [1.165, 1.54) is 37.4 Å². The number of non-ortho nitro benzene ring substituents is 1. The van der Waals surface area contributed by atoms with Gasteiger partial charge >= 0.3 is 0 Å². The van der Waals surface area contributed by atoms with Gasteiger partial charge in [-0.05, 0) is 34.1 Å². The first kappa shape index (κ1) is 14.1. The van der Waals surface area contributed by atoms with Gasteiger partial charge in [-0.1, -0.05) is 0 Å². The number of ether oxygens (including phenoxy) is 1. The normalized spacial score (nSPS) is 10.1. The van der Waals surface area contributed by atoms with Crippen LogP contribution in [0.15, 0.2) is 41.0 Å². The minimum Gasteiger partial charge on any atom is -0.454 e. The quantitative estimate of drug-likeness (QED) is 0.482. The zero-order valence-corrected chi connectivity index (χ0v) is 12.0. The second-order valence-electron chi connectivity index (χ2n) is 3.91. The lowest BCUT2D eigenvalue weighted by Crippen LogP contribution is -1.96. The third kappa shape index (κ3) is 3.18. The monoisotopic (exact) mass is 336 g/mol. The van der Waals surface area contributed by atoms with Gasteiger partial charge in [0.25, 0.3) is 5.69 Å². The lowest BCUT2D eigenvalue weighted by molar-refractivity contribution is -0.384. The van der Waals surface area contributed by atoms with Crippen molar-refractivity contribution in [3.8, 4) is 11.5 Å². The van der Waals surface area contributed by atoms with Gasteiger partial charge in [-0.2, -0.15) is 0 Å². The molecule has 102 valence electrons. The molecule has 0 N–H and O–H groups in total. The predicted octanol–water partition coefficient (Wildman–Crippen LogP) is 3.75. The van der Waals surface area contributed by atoms with E-state index in [2.05, 4.69) is 20.9 Å². The molecule has 0 fully saturated rings. The summed E-state index contributed by atoms with van der Waals surface area (Å²) in [5, 5.41) is 10.7. The number of benzene rings is 1. The van der Waals surface area contributed by atoms with Crippen molar-refractivity contribution in [2.45, 2.75) is 6.92 Å². The molecule has 0 amide bonds. The largest absolute Gasteiger partial charge is 0.454 e. The summed E-state index contributed by atoms with van der Waals surface area (Å²) in [6.07, 6.45) is 1.39. The van der Waals surface area contributed by atoms with Crippen LogP contribution in [0, 0.1) is 10.1 Å². The van der Waals surface area contributed by atoms with E-state index in [-0.39, 0.29) is 11.5 Å². The van der Waals surface area contributed by atoms with Gasteiger partial charge in [-0.25, -0.2) is 4.98 Å². The van der Waals surface area contributed by atoms with Crippen molar-refractivity contribution in [1.29, 1.82) is 0 Å². The van der Waals surface area contributed by atoms with Crippen LogP contribution in [0.2, 0.25) is 0 Å². The van der Waals surface area contributed by atoms with Gasteiger partial charge in [0.1, 0.15) is 17.2 Å². The van der Waals surface area contributed by atoms with Crippen LogP contribution in [-0.4, -0.2) is 15.7 Å². The van der Waals surface area contributed by atoms with E-state index in [1.54, 1.807) is 6.07 Å². The van der Waals surface area contributed by atoms with Gasteiger partial charge < -0.3 is 4.74 Å². The van der Waals surface area contributed by atoms with Crippen LogP contribution in [0.3, 0.4) is 0 Å². The molecule has 20 heavy (non-hydrogen) atoms. The molecule has 1 aromatic heterocycles. The number of nitro benzene ring substituents is 1. The molecule has 0 unspecified atom stereocenters. The third-order valence-electron chi connectivity index (χ3n) is 2.45. The number of ketones is 1. The van der Waals surface area contributed by atoms with E-state index in [0.29, 0.717) is 21.7 Å². The molecule has 0 aliphatic carbocycles. The summed E-state index contributed by atoms with van der Waals surface area (Å²) in [5.41, 5.74) is 0.256. The Labute approximate surface area is 122 Å². The molecule has 0 atom stereocenters. The van der Waals surface area contributed by atoms with Crippen LogP contribution in [0.1, 0.15) is 17.4 Å². The number of nitrogens with zero attached hydrogens (tertiary/aromatic N) is 2. The van der Waals surface area contributed by atoms with Crippen molar-refractivity contribution in [2.75, 3.05) is 0 Å². The Kier molecular flexibility index (Phi) is 4.09. The topological polar surface area (TPSA) is 82.3 Å². The maximum atomic E-state index is 11.1. The summed E-state index contributed by atoms with van der Waals surface area (Å²) in [6.45, 7) is 1.42. The fraction of sp³-hybridized carbons (Fsp3) is 0.0769. The SMILES string of the molecule is CC(=O)c1ccc(Oc2cc([N+](=O)[O-])ccc2Br)cn1. The van der Waals surface area contributed by atoms with Crippen LogP contribution in [0.5, 0.6) is 11.5 Å². The molecule has 1 aromatic carbocycles. The number of nitro groups is 1. The van der Waals surface area contributed by atoms with Crippen molar-refractivity contribution >= 4 is 27.4 Å². The molecule has 2 rings (SSSR count). The van der Waals surface area contributed by atoms with E-state index >= 15 is 0 Å². The zero-order valence-electron chi connectivity index (χ0n) is 10.4. The van der Waals surface area contributed by atoms with Crippen LogP contribution in [-0.2, 0) is 0 Å². The Morgan fingerprint density at radius 2 is 2.10 bits per heavy atom. The van der Waals surface area contributed by atoms with E-state index in [9.17, 15) is 14.9 Å². The Balaban J connectivity index is 2.27. The number of carbonyl (C=O) groups is 1. The van der Waals surface area contributed by atoms with Gasteiger partial charge in [0.2, 0.25) is 0 Å². The highest BCUT2D eigenvalue weighted by molar-refractivity contribution is 9.10. The molecule has 1 heterocycles. The average molecular weight is 337 g/mol. The van der Waals surface area contributed by atoms with Gasteiger partial charge in [0, 0.05) is 13.0 Å². The number of aromatic nitrogens is 1. The molecule has 0 spiro atoms. The lowest BCUT2D eigenvalue weighted by Gasteiger charge is -2.07. The summed E-state index contributed by atoms with van der Waals surface area (Å²) in [5.74, 6) is 0.542. The van der Waals surface area contributed by atoms with Gasteiger partial charge in [0.15, 0.2) is 5.78 Å². The van der Waals surface area contributed by atoms with Crippen LogP contribution < -0.4 is 4.74 Å². The predicted molar refractivity (Wildman–Crippen MR) is 75.1 cm³/mol. The zero-order chi connectivity index (χ0) is 14.7. The molecule has 0 aliphatic rings. The first-order valence-corrected chi connectivity index (χ1v) is 6.35. The standard InChI is InChI=1S/C13H9BrN2O4/c1-8(17)12-5-3-10(7-15-12)20-13-6-9(16(18)19)2-4-11(13)14/h2-7H,1H3. The summed E-state index contributed by atoms with van der Waals surface area (Å²) in [7, 11) is 0.